The molecule has 2 aromatic heterocycles. The molecular weight excluding hydrogens is 474 g/mol. The molecule has 0 bridgehead atoms. The first kappa shape index (κ1) is 23.7. The Kier molecular flexibility index (Phi) is 6.38. The van der Waals surface area contributed by atoms with Crippen LogP contribution in [-0.2, 0) is 17.8 Å². The van der Waals surface area contributed by atoms with Crippen LogP contribution in [0.5, 0.6) is 5.75 Å². The predicted molar refractivity (Wildman–Crippen MR) is 136 cm³/mol. The van der Waals surface area contributed by atoms with E-state index in [2.05, 4.69) is 15.5 Å². The topological polar surface area (TPSA) is 117 Å². The van der Waals surface area contributed by atoms with E-state index in [-0.39, 0.29) is 18.0 Å². The first-order valence-electron chi connectivity index (χ1n) is 11.4. The van der Waals surface area contributed by atoms with Crippen LogP contribution in [0.1, 0.15) is 31.8 Å². The monoisotopic (exact) mass is 497 g/mol. The van der Waals surface area contributed by atoms with E-state index in [1.54, 1.807) is 54.0 Å². The standard InChI is InChI=1S/C27H23N5O5/c1-36-21-10-5-17(6-11-21)14-28-24(33)20-9-12-23-22(13-20)25(34)31(27-30-29-16-32(23)27)15-18-3-7-19(8-4-18)26(35)37-2/h3-13,16H,14-15H2,1-2H3,(H,28,33). The van der Waals surface area contributed by atoms with Crippen molar-refractivity contribution in [1.82, 2.24) is 24.5 Å². The molecule has 5 rings (SSSR count). The van der Waals surface area contributed by atoms with Gasteiger partial charge in [-0.2, -0.15) is 0 Å². The number of esters is 1. The van der Waals surface area contributed by atoms with Crippen molar-refractivity contribution in [2.45, 2.75) is 13.1 Å². The summed E-state index contributed by atoms with van der Waals surface area (Å²) >= 11 is 0. The number of hydrogen-bond donors (Lipinski definition) is 1. The Morgan fingerprint density at radius 3 is 2.32 bits per heavy atom. The number of carbonyl (C=O) groups excluding carboxylic acids is 2. The Morgan fingerprint density at radius 1 is 0.919 bits per heavy atom. The van der Waals surface area contributed by atoms with Crippen molar-refractivity contribution in [2.75, 3.05) is 14.2 Å². The summed E-state index contributed by atoms with van der Waals surface area (Å²) in [5.74, 6) is 0.366. The molecule has 1 amide bonds. The van der Waals surface area contributed by atoms with Gasteiger partial charge in [0.25, 0.3) is 11.5 Å². The minimum absolute atomic E-state index is 0.201. The van der Waals surface area contributed by atoms with E-state index >= 15 is 0 Å². The van der Waals surface area contributed by atoms with Crippen LogP contribution in [0, 0.1) is 0 Å². The number of nitrogens with one attached hydrogen (secondary N) is 1. The fourth-order valence-corrected chi connectivity index (χ4v) is 4.09. The minimum Gasteiger partial charge on any atom is -0.497 e. The minimum atomic E-state index is -0.438. The highest BCUT2D eigenvalue weighted by Gasteiger charge is 2.16. The average Bonchev–Trinajstić information content (AvgIpc) is 3.44. The lowest BCUT2D eigenvalue weighted by atomic mass is 10.1. The van der Waals surface area contributed by atoms with Crippen molar-refractivity contribution in [3.63, 3.8) is 0 Å². The maximum atomic E-state index is 13.5. The number of rotatable bonds is 7. The molecule has 0 saturated carbocycles. The SMILES string of the molecule is COC(=O)c1ccc(Cn2c(=O)c3cc(C(=O)NCc4ccc(OC)cc4)ccc3n3cnnc23)cc1. The first-order valence-corrected chi connectivity index (χ1v) is 11.4. The Hall–Kier alpha value is -4.99. The van der Waals surface area contributed by atoms with Crippen molar-refractivity contribution in [3.05, 3.63) is 106 Å². The Labute approximate surface area is 211 Å². The van der Waals surface area contributed by atoms with Gasteiger partial charge in [-0.3, -0.25) is 18.6 Å². The Morgan fingerprint density at radius 2 is 1.62 bits per heavy atom. The van der Waals surface area contributed by atoms with Crippen molar-refractivity contribution in [3.8, 4) is 5.75 Å². The van der Waals surface area contributed by atoms with Gasteiger partial charge in [0.05, 0.1) is 37.2 Å². The van der Waals surface area contributed by atoms with Gasteiger partial charge < -0.3 is 14.8 Å². The molecule has 0 unspecified atom stereocenters. The van der Waals surface area contributed by atoms with Crippen molar-refractivity contribution >= 4 is 28.6 Å². The largest absolute Gasteiger partial charge is 0.497 e. The smallest absolute Gasteiger partial charge is 0.337 e. The third-order valence-corrected chi connectivity index (χ3v) is 6.09. The van der Waals surface area contributed by atoms with E-state index in [1.807, 2.05) is 24.3 Å². The zero-order chi connectivity index (χ0) is 25.9. The van der Waals surface area contributed by atoms with Crippen molar-refractivity contribution in [2.24, 2.45) is 0 Å². The number of carbonyl (C=O) groups is 2. The molecule has 3 aromatic carbocycles. The maximum Gasteiger partial charge on any atom is 0.337 e. The van der Waals surface area contributed by atoms with E-state index < -0.39 is 5.97 Å². The number of ether oxygens (including phenoxy) is 2. The molecule has 1 N–H and O–H groups in total. The van der Waals surface area contributed by atoms with Gasteiger partial charge in [0, 0.05) is 12.1 Å². The summed E-state index contributed by atoms with van der Waals surface area (Å²) in [4.78, 5) is 38.2. The fraction of sp³-hybridized carbons (Fsp3) is 0.148. The van der Waals surface area contributed by atoms with Crippen LogP contribution in [-0.4, -0.2) is 45.3 Å². The third kappa shape index (κ3) is 4.64. The van der Waals surface area contributed by atoms with Crippen LogP contribution in [0.4, 0.5) is 0 Å². The highest BCUT2D eigenvalue weighted by atomic mass is 16.5. The van der Waals surface area contributed by atoms with Gasteiger partial charge in [-0.1, -0.05) is 24.3 Å². The molecule has 0 aliphatic carbocycles. The number of amides is 1. The third-order valence-electron chi connectivity index (χ3n) is 6.09. The molecule has 0 fully saturated rings. The van der Waals surface area contributed by atoms with Gasteiger partial charge in [-0.25, -0.2) is 4.79 Å². The Balaban J connectivity index is 1.46. The second-order valence-corrected chi connectivity index (χ2v) is 8.34. The van der Waals surface area contributed by atoms with Gasteiger partial charge >= 0.3 is 5.97 Å². The molecule has 186 valence electrons. The Bertz CT molecular complexity index is 1670. The van der Waals surface area contributed by atoms with Crippen LogP contribution < -0.4 is 15.6 Å². The normalized spacial score (nSPS) is 11.0. The average molecular weight is 498 g/mol. The first-order chi connectivity index (χ1) is 18.0. The lowest BCUT2D eigenvalue weighted by Crippen LogP contribution is -2.25. The number of benzene rings is 3. The summed E-state index contributed by atoms with van der Waals surface area (Å²) in [5, 5.41) is 11.4. The van der Waals surface area contributed by atoms with Gasteiger partial charge in [0.2, 0.25) is 5.78 Å². The summed E-state index contributed by atoms with van der Waals surface area (Å²) < 4.78 is 13.1. The molecular formula is C27H23N5O5. The van der Waals surface area contributed by atoms with Gasteiger partial charge in [0.1, 0.15) is 12.1 Å². The molecule has 5 aromatic rings. The molecule has 37 heavy (non-hydrogen) atoms. The summed E-state index contributed by atoms with van der Waals surface area (Å²) in [7, 11) is 2.92. The summed E-state index contributed by atoms with van der Waals surface area (Å²) in [6.45, 7) is 0.531. The number of fused-ring (bicyclic) bond motifs is 3. The summed E-state index contributed by atoms with van der Waals surface area (Å²) in [6.07, 6.45) is 1.53. The van der Waals surface area contributed by atoms with Gasteiger partial charge in [0.15, 0.2) is 0 Å². The molecule has 0 aliphatic rings. The number of methoxy groups -OCH3 is 2. The molecule has 0 radical (unpaired) electrons. The van der Waals surface area contributed by atoms with Gasteiger partial charge in [-0.05, 0) is 53.6 Å². The zero-order valence-electron chi connectivity index (χ0n) is 20.2. The summed E-state index contributed by atoms with van der Waals surface area (Å²) in [5.41, 5.74) is 2.76. The maximum absolute atomic E-state index is 13.5. The van der Waals surface area contributed by atoms with Crippen molar-refractivity contribution in [1.29, 1.82) is 0 Å². The van der Waals surface area contributed by atoms with E-state index in [4.69, 9.17) is 9.47 Å². The molecule has 10 nitrogen and oxygen atoms in total. The van der Waals surface area contributed by atoms with E-state index in [0.717, 1.165) is 16.9 Å². The molecule has 2 heterocycles. The van der Waals surface area contributed by atoms with Crippen LogP contribution in [0.3, 0.4) is 0 Å². The van der Waals surface area contributed by atoms with Crippen LogP contribution >= 0.6 is 0 Å². The number of aromatic nitrogens is 4. The molecule has 10 heteroatoms. The predicted octanol–water partition coefficient (Wildman–Crippen LogP) is 2.82. The van der Waals surface area contributed by atoms with E-state index in [1.165, 1.54) is 18.0 Å². The molecule has 0 atom stereocenters. The van der Waals surface area contributed by atoms with E-state index in [0.29, 0.717) is 34.4 Å². The summed E-state index contributed by atoms with van der Waals surface area (Å²) in [6, 6.07) is 19.1. The highest BCUT2D eigenvalue weighted by molar-refractivity contribution is 5.98. The highest BCUT2D eigenvalue weighted by Crippen LogP contribution is 2.17. The van der Waals surface area contributed by atoms with Crippen LogP contribution in [0.2, 0.25) is 0 Å². The zero-order valence-corrected chi connectivity index (χ0v) is 20.2. The van der Waals surface area contributed by atoms with E-state index in [9.17, 15) is 14.4 Å². The number of hydrogen-bond acceptors (Lipinski definition) is 7. The van der Waals surface area contributed by atoms with Gasteiger partial charge in [-0.15, -0.1) is 10.2 Å². The fourth-order valence-electron chi connectivity index (χ4n) is 4.09. The second-order valence-electron chi connectivity index (χ2n) is 8.34. The molecule has 0 aliphatic heterocycles. The lowest BCUT2D eigenvalue weighted by molar-refractivity contribution is 0.0600. The van der Waals surface area contributed by atoms with Crippen LogP contribution in [0.25, 0.3) is 16.7 Å². The van der Waals surface area contributed by atoms with Crippen molar-refractivity contribution < 1.29 is 19.1 Å². The molecule has 0 saturated heterocycles. The quantitative estimate of drug-likeness (QED) is 0.344. The molecule has 0 spiro atoms. The number of nitrogens with zero attached hydrogens (tertiary/aromatic N) is 4. The second kappa shape index (κ2) is 9.94. The van der Waals surface area contributed by atoms with Crippen LogP contribution in [0.15, 0.2) is 77.9 Å². The lowest BCUT2D eigenvalue weighted by Gasteiger charge is -2.12.